The lowest BCUT2D eigenvalue weighted by atomic mass is 9.94. The van der Waals surface area contributed by atoms with Crippen LogP contribution in [0.1, 0.15) is 37.4 Å². The topological polar surface area (TPSA) is 60.9 Å². The largest absolute Gasteiger partial charge is 0.503 e. The molecule has 0 fully saturated rings. The van der Waals surface area contributed by atoms with Crippen LogP contribution in [-0.4, -0.2) is 53.8 Å². The maximum atomic E-state index is 12.5. The first-order valence-corrected chi connectivity index (χ1v) is 8.41. The first-order chi connectivity index (χ1) is 11.4. The monoisotopic (exact) mass is 330 g/mol. The van der Waals surface area contributed by atoms with Gasteiger partial charge in [0.25, 0.3) is 5.91 Å². The summed E-state index contributed by atoms with van der Waals surface area (Å²) in [5, 5.41) is 10.3. The summed E-state index contributed by atoms with van der Waals surface area (Å²) < 4.78 is 0. The summed E-state index contributed by atoms with van der Waals surface area (Å²) in [5.74, 6) is -1.04. The summed E-state index contributed by atoms with van der Waals surface area (Å²) >= 11 is 0. The number of rotatable bonds is 7. The van der Waals surface area contributed by atoms with E-state index in [0.717, 1.165) is 12.0 Å². The van der Waals surface area contributed by atoms with Gasteiger partial charge in [-0.2, -0.15) is 0 Å². The van der Waals surface area contributed by atoms with Crippen molar-refractivity contribution in [3.8, 4) is 0 Å². The lowest BCUT2D eigenvalue weighted by molar-refractivity contribution is -0.129. The molecular formula is C19H26N2O3. The Morgan fingerprint density at radius 1 is 1.21 bits per heavy atom. The molecule has 5 nitrogen and oxygen atoms in total. The highest BCUT2D eigenvalue weighted by Gasteiger charge is 2.42. The third kappa shape index (κ3) is 3.51. The molecule has 1 atom stereocenters. The van der Waals surface area contributed by atoms with Gasteiger partial charge in [0.2, 0.25) is 0 Å². The number of nitrogens with zero attached hydrogens (tertiary/aromatic N) is 2. The number of aliphatic hydroxyl groups excluding tert-OH is 1. The smallest absolute Gasteiger partial charge is 0.290 e. The number of benzene rings is 1. The van der Waals surface area contributed by atoms with Crippen LogP contribution in [0.15, 0.2) is 35.6 Å². The van der Waals surface area contributed by atoms with Crippen LogP contribution in [0.4, 0.5) is 0 Å². The Hall–Kier alpha value is -2.14. The Bertz CT molecular complexity index is 647. The average Bonchev–Trinajstić information content (AvgIpc) is 2.83. The maximum absolute atomic E-state index is 12.5. The maximum Gasteiger partial charge on any atom is 0.290 e. The fourth-order valence-electron chi connectivity index (χ4n) is 2.95. The summed E-state index contributed by atoms with van der Waals surface area (Å²) in [7, 11) is 3.86. The summed E-state index contributed by atoms with van der Waals surface area (Å²) in [6.07, 6.45) is 1.19. The summed E-state index contributed by atoms with van der Waals surface area (Å²) in [6.45, 7) is 4.94. The summed E-state index contributed by atoms with van der Waals surface area (Å²) in [5.41, 5.74) is 2.28. The van der Waals surface area contributed by atoms with E-state index in [1.165, 1.54) is 5.56 Å². The molecule has 0 aromatic heterocycles. The van der Waals surface area contributed by atoms with E-state index >= 15 is 0 Å². The molecule has 0 saturated carbocycles. The first-order valence-electron chi connectivity index (χ1n) is 8.41. The summed E-state index contributed by atoms with van der Waals surface area (Å²) in [6, 6.07) is 7.40. The second kappa shape index (κ2) is 7.62. The van der Waals surface area contributed by atoms with Crippen molar-refractivity contribution < 1.29 is 14.7 Å². The van der Waals surface area contributed by atoms with Crippen LogP contribution in [0.5, 0.6) is 0 Å². The number of likely N-dealkylation sites (N-methyl/N-ethyl adjacent to an activating group) is 1. The van der Waals surface area contributed by atoms with Crippen LogP contribution in [-0.2, 0) is 16.0 Å². The van der Waals surface area contributed by atoms with Crippen molar-refractivity contribution in [3.05, 3.63) is 46.7 Å². The molecule has 1 aliphatic heterocycles. The van der Waals surface area contributed by atoms with Gasteiger partial charge < -0.3 is 14.9 Å². The van der Waals surface area contributed by atoms with E-state index < -0.39 is 17.7 Å². The van der Waals surface area contributed by atoms with Crippen LogP contribution in [0, 0.1) is 0 Å². The van der Waals surface area contributed by atoms with E-state index in [-0.39, 0.29) is 17.8 Å². The van der Waals surface area contributed by atoms with Gasteiger partial charge in [-0.1, -0.05) is 38.1 Å². The molecule has 1 unspecified atom stereocenters. The molecule has 0 spiro atoms. The lowest BCUT2D eigenvalue weighted by Crippen LogP contribution is -2.36. The quantitative estimate of drug-likeness (QED) is 0.834. The average molecular weight is 330 g/mol. The number of aryl methyl sites for hydroxylation is 1. The lowest BCUT2D eigenvalue weighted by Gasteiger charge is -2.28. The molecule has 0 radical (unpaired) electrons. The van der Waals surface area contributed by atoms with Crippen LogP contribution in [0.3, 0.4) is 0 Å². The number of amides is 1. The molecule has 0 saturated heterocycles. The predicted octanol–water partition coefficient (Wildman–Crippen LogP) is 2.49. The van der Waals surface area contributed by atoms with Gasteiger partial charge in [-0.05, 0) is 31.6 Å². The third-order valence-electron chi connectivity index (χ3n) is 4.42. The predicted molar refractivity (Wildman–Crippen MR) is 93.8 cm³/mol. The normalized spacial score (nSPS) is 18.0. The van der Waals surface area contributed by atoms with Crippen molar-refractivity contribution in [1.29, 1.82) is 0 Å². The highest BCUT2D eigenvalue weighted by Crippen LogP contribution is 2.38. The Labute approximate surface area is 143 Å². The second-order valence-electron chi connectivity index (χ2n) is 6.34. The van der Waals surface area contributed by atoms with Gasteiger partial charge in [-0.25, -0.2) is 0 Å². The molecule has 0 aliphatic carbocycles. The molecule has 24 heavy (non-hydrogen) atoms. The molecule has 1 aliphatic rings. The molecule has 130 valence electrons. The minimum atomic E-state index is -0.504. The standard InChI is InChI=1S/C19H26N2O3/c1-5-13-7-9-14(10-8-13)17-16(15(22)6-2)18(23)19(24)21(17)12-11-20(3)4/h7-10,17,23H,5-6,11-12H2,1-4H3. The van der Waals surface area contributed by atoms with Gasteiger partial charge in [0, 0.05) is 19.5 Å². The van der Waals surface area contributed by atoms with Crippen molar-refractivity contribution in [1.82, 2.24) is 9.80 Å². The number of aliphatic hydroxyl groups is 1. The van der Waals surface area contributed by atoms with E-state index in [9.17, 15) is 14.7 Å². The molecule has 0 bridgehead atoms. The minimum absolute atomic E-state index is 0.183. The van der Waals surface area contributed by atoms with Crippen molar-refractivity contribution in [2.24, 2.45) is 0 Å². The Morgan fingerprint density at radius 2 is 1.83 bits per heavy atom. The van der Waals surface area contributed by atoms with E-state index in [2.05, 4.69) is 6.92 Å². The number of ketones is 1. The van der Waals surface area contributed by atoms with E-state index in [1.807, 2.05) is 43.3 Å². The second-order valence-corrected chi connectivity index (χ2v) is 6.34. The molecular weight excluding hydrogens is 304 g/mol. The van der Waals surface area contributed by atoms with Gasteiger partial charge in [0.05, 0.1) is 11.6 Å². The molecule has 1 aromatic rings. The van der Waals surface area contributed by atoms with Crippen LogP contribution in [0.2, 0.25) is 0 Å². The first kappa shape index (κ1) is 18.2. The van der Waals surface area contributed by atoms with Crippen LogP contribution in [0.25, 0.3) is 0 Å². The molecule has 1 aromatic carbocycles. The highest BCUT2D eigenvalue weighted by molar-refractivity contribution is 6.08. The zero-order valence-electron chi connectivity index (χ0n) is 14.9. The van der Waals surface area contributed by atoms with Gasteiger partial charge in [0.15, 0.2) is 11.5 Å². The van der Waals surface area contributed by atoms with Crippen molar-refractivity contribution in [2.75, 3.05) is 27.2 Å². The van der Waals surface area contributed by atoms with E-state index in [0.29, 0.717) is 13.1 Å². The molecule has 1 heterocycles. The van der Waals surface area contributed by atoms with Crippen LogP contribution < -0.4 is 0 Å². The van der Waals surface area contributed by atoms with E-state index in [4.69, 9.17) is 0 Å². The van der Waals surface area contributed by atoms with Gasteiger partial charge in [-0.3, -0.25) is 9.59 Å². The SMILES string of the molecule is CCC(=O)C1=C(O)C(=O)N(CCN(C)C)C1c1ccc(CC)cc1. The van der Waals surface area contributed by atoms with Crippen molar-refractivity contribution in [3.63, 3.8) is 0 Å². The number of carbonyl (C=O) groups is 2. The van der Waals surface area contributed by atoms with Gasteiger partial charge >= 0.3 is 0 Å². The Kier molecular flexibility index (Phi) is 5.78. The molecule has 2 rings (SSSR count). The van der Waals surface area contributed by atoms with Gasteiger partial charge in [-0.15, -0.1) is 0 Å². The Morgan fingerprint density at radius 3 is 2.33 bits per heavy atom. The highest BCUT2D eigenvalue weighted by atomic mass is 16.3. The number of hydrogen-bond acceptors (Lipinski definition) is 4. The zero-order valence-corrected chi connectivity index (χ0v) is 14.9. The van der Waals surface area contributed by atoms with Crippen LogP contribution >= 0.6 is 0 Å². The third-order valence-corrected chi connectivity index (χ3v) is 4.42. The molecule has 5 heteroatoms. The Balaban J connectivity index is 2.44. The fraction of sp³-hybridized carbons (Fsp3) is 0.474. The van der Waals surface area contributed by atoms with E-state index in [1.54, 1.807) is 11.8 Å². The molecule has 1 amide bonds. The van der Waals surface area contributed by atoms with Crippen molar-refractivity contribution >= 4 is 11.7 Å². The zero-order chi connectivity index (χ0) is 17.9. The molecule has 1 N–H and O–H groups in total. The van der Waals surface area contributed by atoms with Crippen molar-refractivity contribution in [2.45, 2.75) is 32.7 Å². The number of carbonyl (C=O) groups excluding carboxylic acids is 2. The number of Topliss-reactive ketones (excluding diaryl/α,β-unsaturated/α-hetero) is 1. The number of hydrogen-bond donors (Lipinski definition) is 1. The minimum Gasteiger partial charge on any atom is -0.503 e. The van der Waals surface area contributed by atoms with Gasteiger partial charge in [0.1, 0.15) is 0 Å². The fourth-order valence-corrected chi connectivity index (χ4v) is 2.95. The summed E-state index contributed by atoms with van der Waals surface area (Å²) in [4.78, 5) is 28.4.